The highest BCUT2D eigenvalue weighted by Gasteiger charge is 2.11. The van der Waals surface area contributed by atoms with E-state index in [4.69, 9.17) is 0 Å². The molecule has 2 nitrogen and oxygen atoms in total. The molecule has 0 amide bonds. The Balaban J connectivity index is 2.04. The fourth-order valence-corrected chi connectivity index (χ4v) is 2.85. The molecule has 2 aromatic rings. The molecule has 4 heteroatoms. The largest absolute Gasteiger partial charge is 0.312 e. The minimum absolute atomic E-state index is 0.163. The number of halogens is 1. The Morgan fingerprint density at radius 1 is 1.26 bits per heavy atom. The van der Waals surface area contributed by atoms with Crippen LogP contribution in [0.15, 0.2) is 47.5 Å². The molecule has 1 N–H and O–H groups in total. The molecule has 0 bridgehead atoms. The maximum absolute atomic E-state index is 13.5. The minimum Gasteiger partial charge on any atom is -0.312 e. The van der Waals surface area contributed by atoms with Crippen LogP contribution < -0.4 is 5.32 Å². The van der Waals surface area contributed by atoms with Crippen molar-refractivity contribution >= 4 is 11.8 Å². The van der Waals surface area contributed by atoms with Crippen molar-refractivity contribution in [1.29, 1.82) is 0 Å². The standard InChI is InChI=1S/C15H17FN2S/c1-11-7-8-12(9-18-11)14(17-2)10-19-15-6-4-3-5-13(15)16/h3-9,14,17H,10H2,1-2H3. The Morgan fingerprint density at radius 3 is 2.68 bits per heavy atom. The second-order valence-corrected chi connectivity index (χ2v) is 5.38. The van der Waals surface area contributed by atoms with Gasteiger partial charge in [-0.15, -0.1) is 11.8 Å². The van der Waals surface area contributed by atoms with Crippen LogP contribution in [0.3, 0.4) is 0 Å². The molecule has 1 aromatic heterocycles. The lowest BCUT2D eigenvalue weighted by Crippen LogP contribution is -2.19. The lowest BCUT2D eigenvalue weighted by molar-refractivity contribution is 0.600. The highest BCUT2D eigenvalue weighted by atomic mass is 32.2. The van der Waals surface area contributed by atoms with Crippen LogP contribution in [0.25, 0.3) is 0 Å². The first-order valence-electron chi connectivity index (χ1n) is 6.18. The van der Waals surface area contributed by atoms with E-state index in [0.29, 0.717) is 4.90 Å². The number of hydrogen-bond donors (Lipinski definition) is 1. The van der Waals surface area contributed by atoms with Crippen molar-refractivity contribution in [3.8, 4) is 0 Å². The molecule has 0 saturated heterocycles. The van der Waals surface area contributed by atoms with E-state index in [0.717, 1.165) is 17.0 Å². The number of nitrogens with one attached hydrogen (secondary N) is 1. The molecular weight excluding hydrogens is 259 g/mol. The molecule has 0 aliphatic rings. The van der Waals surface area contributed by atoms with Gasteiger partial charge < -0.3 is 5.32 Å². The molecule has 2 rings (SSSR count). The van der Waals surface area contributed by atoms with E-state index in [1.807, 2.05) is 32.3 Å². The van der Waals surface area contributed by atoms with Crippen molar-refractivity contribution in [3.63, 3.8) is 0 Å². The minimum atomic E-state index is -0.163. The fourth-order valence-electron chi connectivity index (χ4n) is 1.77. The normalized spacial score (nSPS) is 12.4. The first-order valence-corrected chi connectivity index (χ1v) is 7.16. The molecule has 0 aliphatic heterocycles. The Kier molecular flexibility index (Phi) is 4.93. The summed E-state index contributed by atoms with van der Waals surface area (Å²) in [5, 5.41) is 3.24. The average molecular weight is 276 g/mol. The molecule has 1 atom stereocenters. The highest BCUT2D eigenvalue weighted by molar-refractivity contribution is 7.99. The first-order chi connectivity index (χ1) is 9.20. The maximum Gasteiger partial charge on any atom is 0.136 e. The van der Waals surface area contributed by atoms with Crippen LogP contribution >= 0.6 is 11.8 Å². The van der Waals surface area contributed by atoms with Gasteiger partial charge in [0, 0.05) is 28.6 Å². The van der Waals surface area contributed by atoms with Gasteiger partial charge in [0.2, 0.25) is 0 Å². The molecular formula is C15H17FN2S. The third-order valence-electron chi connectivity index (χ3n) is 2.93. The maximum atomic E-state index is 13.5. The lowest BCUT2D eigenvalue weighted by atomic mass is 10.1. The summed E-state index contributed by atoms with van der Waals surface area (Å²) in [6.07, 6.45) is 1.87. The predicted octanol–water partition coefficient (Wildman–Crippen LogP) is 3.58. The van der Waals surface area contributed by atoms with E-state index < -0.39 is 0 Å². The van der Waals surface area contributed by atoms with Crippen molar-refractivity contribution in [2.75, 3.05) is 12.8 Å². The highest BCUT2D eigenvalue weighted by Crippen LogP contribution is 2.26. The monoisotopic (exact) mass is 276 g/mol. The topological polar surface area (TPSA) is 24.9 Å². The van der Waals surface area contributed by atoms with Gasteiger partial charge in [0.1, 0.15) is 5.82 Å². The van der Waals surface area contributed by atoms with E-state index in [1.54, 1.807) is 12.1 Å². The summed E-state index contributed by atoms with van der Waals surface area (Å²) in [4.78, 5) is 4.98. The van der Waals surface area contributed by atoms with E-state index in [9.17, 15) is 4.39 Å². The van der Waals surface area contributed by atoms with Gasteiger partial charge in [-0.05, 0) is 37.7 Å². The fraction of sp³-hybridized carbons (Fsp3) is 0.267. The zero-order chi connectivity index (χ0) is 13.7. The zero-order valence-corrected chi connectivity index (χ0v) is 11.9. The van der Waals surface area contributed by atoms with Gasteiger partial charge in [-0.3, -0.25) is 4.98 Å². The molecule has 0 aliphatic carbocycles. The SMILES string of the molecule is CNC(CSc1ccccc1F)c1ccc(C)nc1. The summed E-state index contributed by atoms with van der Waals surface area (Å²) in [5.41, 5.74) is 2.12. The molecule has 0 saturated carbocycles. The van der Waals surface area contributed by atoms with Crippen LogP contribution in [-0.2, 0) is 0 Å². The van der Waals surface area contributed by atoms with Crippen LogP contribution in [-0.4, -0.2) is 17.8 Å². The number of aryl methyl sites for hydroxylation is 1. The molecule has 0 radical (unpaired) electrons. The summed E-state index contributed by atoms with van der Waals surface area (Å²) in [7, 11) is 1.91. The molecule has 0 fully saturated rings. The van der Waals surface area contributed by atoms with Gasteiger partial charge in [0.15, 0.2) is 0 Å². The van der Waals surface area contributed by atoms with E-state index >= 15 is 0 Å². The van der Waals surface area contributed by atoms with Gasteiger partial charge in [-0.25, -0.2) is 4.39 Å². The number of aromatic nitrogens is 1. The van der Waals surface area contributed by atoms with Gasteiger partial charge in [0.05, 0.1) is 0 Å². The summed E-state index contributed by atoms with van der Waals surface area (Å²) < 4.78 is 13.5. The average Bonchev–Trinajstić information content (AvgIpc) is 2.43. The number of benzene rings is 1. The molecule has 1 aromatic carbocycles. The number of pyridine rings is 1. The zero-order valence-electron chi connectivity index (χ0n) is 11.1. The number of hydrogen-bond acceptors (Lipinski definition) is 3. The Morgan fingerprint density at radius 2 is 2.05 bits per heavy atom. The van der Waals surface area contributed by atoms with Gasteiger partial charge >= 0.3 is 0 Å². The van der Waals surface area contributed by atoms with Crippen molar-refractivity contribution in [2.24, 2.45) is 0 Å². The second-order valence-electron chi connectivity index (χ2n) is 4.32. The summed E-state index contributed by atoms with van der Waals surface area (Å²) >= 11 is 1.51. The molecule has 100 valence electrons. The lowest BCUT2D eigenvalue weighted by Gasteiger charge is -2.16. The third-order valence-corrected chi connectivity index (χ3v) is 4.07. The Bertz CT molecular complexity index is 528. The van der Waals surface area contributed by atoms with Crippen LogP contribution in [0.1, 0.15) is 17.3 Å². The van der Waals surface area contributed by atoms with Crippen molar-refractivity contribution in [2.45, 2.75) is 17.9 Å². The van der Waals surface area contributed by atoms with E-state index in [-0.39, 0.29) is 11.9 Å². The van der Waals surface area contributed by atoms with Crippen LogP contribution in [0, 0.1) is 12.7 Å². The summed E-state index contributed by atoms with van der Waals surface area (Å²) in [6.45, 7) is 1.96. The third kappa shape index (κ3) is 3.78. The first kappa shape index (κ1) is 14.0. The molecule has 1 heterocycles. The number of thioether (sulfide) groups is 1. The Labute approximate surface area is 117 Å². The quantitative estimate of drug-likeness (QED) is 0.845. The molecule has 1 unspecified atom stereocenters. The Hall–Kier alpha value is -1.39. The number of nitrogens with zero attached hydrogens (tertiary/aromatic N) is 1. The molecule has 0 spiro atoms. The van der Waals surface area contributed by atoms with Crippen molar-refractivity contribution in [1.82, 2.24) is 10.3 Å². The number of rotatable bonds is 5. The summed E-state index contributed by atoms with van der Waals surface area (Å²) in [6, 6.07) is 11.1. The van der Waals surface area contributed by atoms with E-state index in [2.05, 4.69) is 16.4 Å². The van der Waals surface area contributed by atoms with Crippen LogP contribution in [0.5, 0.6) is 0 Å². The second kappa shape index (κ2) is 6.68. The summed E-state index contributed by atoms with van der Waals surface area (Å²) in [5.74, 6) is 0.603. The molecule has 19 heavy (non-hydrogen) atoms. The van der Waals surface area contributed by atoms with Crippen molar-refractivity contribution in [3.05, 3.63) is 59.7 Å². The van der Waals surface area contributed by atoms with E-state index in [1.165, 1.54) is 17.8 Å². The van der Waals surface area contributed by atoms with Gasteiger partial charge in [-0.2, -0.15) is 0 Å². The van der Waals surface area contributed by atoms with Gasteiger partial charge in [0.25, 0.3) is 0 Å². The van der Waals surface area contributed by atoms with Gasteiger partial charge in [-0.1, -0.05) is 18.2 Å². The van der Waals surface area contributed by atoms with Crippen LogP contribution in [0.4, 0.5) is 4.39 Å². The predicted molar refractivity (Wildman–Crippen MR) is 77.9 cm³/mol. The van der Waals surface area contributed by atoms with Crippen LogP contribution in [0.2, 0.25) is 0 Å². The smallest absolute Gasteiger partial charge is 0.136 e. The van der Waals surface area contributed by atoms with Crippen molar-refractivity contribution < 1.29 is 4.39 Å².